The van der Waals surface area contributed by atoms with Crippen LogP contribution in [0, 0.1) is 35.0 Å². The summed E-state index contributed by atoms with van der Waals surface area (Å²) in [6.45, 7) is 14.3. The Morgan fingerprint density at radius 3 is 2.56 bits per heavy atom. The smallest absolute Gasteiger partial charge is 0.308 e. The number of carbonyl (C=O) groups excluding carboxylic acids is 1. The second kappa shape index (κ2) is 11.5. The maximum atomic E-state index is 13.2. The number of hydrogen-bond acceptors (Lipinski definition) is 5. The molecule has 3 N–H and O–H groups in total. The van der Waals surface area contributed by atoms with Crippen molar-refractivity contribution in [1.29, 1.82) is 0 Å². The van der Waals surface area contributed by atoms with Gasteiger partial charge in [-0.2, -0.15) is 0 Å². The van der Waals surface area contributed by atoms with Crippen LogP contribution >= 0.6 is 0 Å². The summed E-state index contributed by atoms with van der Waals surface area (Å²) in [6.07, 6.45) is 9.97. The molecule has 0 heterocycles. The first-order chi connectivity index (χ1) is 18.2. The van der Waals surface area contributed by atoms with E-state index in [0.717, 1.165) is 38.5 Å². The molecule has 0 aromatic heterocycles. The molecular formula is C32H51NO5S. The average molecular weight is 562 g/mol. The van der Waals surface area contributed by atoms with E-state index in [9.17, 15) is 19.2 Å². The first-order valence-electron chi connectivity index (χ1n) is 14.9. The van der Waals surface area contributed by atoms with E-state index < -0.39 is 33.8 Å². The summed E-state index contributed by atoms with van der Waals surface area (Å²) >= 11 is 0. The van der Waals surface area contributed by atoms with Gasteiger partial charge in [0.15, 0.2) is 0 Å². The van der Waals surface area contributed by atoms with Crippen molar-refractivity contribution < 1.29 is 24.0 Å². The number of carbonyl (C=O) groups is 1. The molecular weight excluding hydrogens is 510 g/mol. The monoisotopic (exact) mass is 561 g/mol. The summed E-state index contributed by atoms with van der Waals surface area (Å²) in [6, 6.07) is -0.468. The predicted molar refractivity (Wildman–Crippen MR) is 157 cm³/mol. The van der Waals surface area contributed by atoms with Gasteiger partial charge in [-0.1, -0.05) is 44.1 Å². The van der Waals surface area contributed by atoms with Gasteiger partial charge in [-0.05, 0) is 113 Å². The molecule has 220 valence electrons. The molecule has 0 bridgehead atoms. The Kier molecular flexibility index (Phi) is 9.08. The number of fused-ring (bicyclic) bond motifs is 5. The van der Waals surface area contributed by atoms with Crippen LogP contribution in [-0.2, 0) is 20.5 Å². The molecule has 6 nitrogen and oxygen atoms in total. The van der Waals surface area contributed by atoms with E-state index in [0.29, 0.717) is 17.8 Å². The van der Waals surface area contributed by atoms with E-state index in [1.165, 1.54) is 23.8 Å². The molecule has 0 saturated heterocycles. The highest BCUT2D eigenvalue weighted by atomic mass is 32.2. The first-order valence-corrected chi connectivity index (χ1v) is 16.1. The third kappa shape index (κ3) is 5.89. The molecule has 0 radical (unpaired) electrons. The SMILES string of the molecule is COC(=O)[C@@H](C)C[C@@H](O)[C@@H](NS(=O)C(C)(C)C)[C@@H](C)C1=CC[C@@H]2C(=C1C)C[C@H]1[C@H]2CC=C2C[C@@H](O)CC[C@@]21C. The lowest BCUT2D eigenvalue weighted by atomic mass is 9.57. The lowest BCUT2D eigenvalue weighted by Crippen LogP contribution is -2.50. The van der Waals surface area contributed by atoms with Gasteiger partial charge in [-0.15, -0.1) is 0 Å². The van der Waals surface area contributed by atoms with E-state index in [4.69, 9.17) is 4.74 Å². The average Bonchev–Trinajstić information content (AvgIpc) is 3.27. The molecule has 4 rings (SSSR count). The van der Waals surface area contributed by atoms with E-state index in [1.54, 1.807) is 12.5 Å². The molecule has 0 amide bonds. The minimum Gasteiger partial charge on any atom is -0.469 e. The zero-order chi connectivity index (χ0) is 28.9. The molecule has 0 aromatic rings. The lowest BCUT2D eigenvalue weighted by Gasteiger charge is -2.48. The molecule has 39 heavy (non-hydrogen) atoms. The van der Waals surface area contributed by atoms with Crippen molar-refractivity contribution >= 4 is 17.0 Å². The number of esters is 1. The minimum atomic E-state index is -1.37. The molecule has 1 unspecified atom stereocenters. The molecule has 0 aliphatic heterocycles. The Labute approximate surface area is 238 Å². The van der Waals surface area contributed by atoms with Crippen molar-refractivity contribution in [3.63, 3.8) is 0 Å². The molecule has 4 aliphatic rings. The summed E-state index contributed by atoms with van der Waals surface area (Å²) in [5, 5.41) is 21.7. The minimum absolute atomic E-state index is 0.0821. The Bertz CT molecular complexity index is 1070. The quantitative estimate of drug-likeness (QED) is 0.273. The largest absolute Gasteiger partial charge is 0.469 e. The topological polar surface area (TPSA) is 95.9 Å². The number of ether oxygens (including phenoxy) is 1. The number of aliphatic hydroxyl groups excluding tert-OH is 2. The molecule has 4 aliphatic carbocycles. The number of methoxy groups -OCH3 is 1. The van der Waals surface area contributed by atoms with Crippen LogP contribution in [-0.4, -0.2) is 50.5 Å². The standard InChI is InChI=1S/C32H51NO5S/c1-18(30(36)38-8)15-28(35)29(33-39(37)31(4,5)6)20(3)23-11-12-24-25-10-9-21-16-22(34)13-14-32(21,7)27(25)17-26(24)19(23)2/h9,11,18,20,22,24-25,27-29,33-35H,10,12-17H2,1-8H3/t18-,20-,22-,24-,25-,27-,28+,29-,32-,39?/m0/s1. The lowest BCUT2D eigenvalue weighted by molar-refractivity contribution is -0.146. The number of aliphatic hydroxyl groups is 2. The molecule has 2 saturated carbocycles. The maximum absolute atomic E-state index is 13.2. The van der Waals surface area contributed by atoms with Crippen molar-refractivity contribution in [2.75, 3.05) is 7.11 Å². The van der Waals surface area contributed by atoms with Crippen LogP contribution in [0.2, 0.25) is 0 Å². The number of rotatable bonds is 8. The zero-order valence-electron chi connectivity index (χ0n) is 25.3. The fourth-order valence-electron chi connectivity index (χ4n) is 8.02. The van der Waals surface area contributed by atoms with Gasteiger partial charge in [0.25, 0.3) is 0 Å². The third-order valence-corrected chi connectivity index (χ3v) is 12.1. The normalized spacial score (nSPS) is 34.5. The van der Waals surface area contributed by atoms with E-state index in [2.05, 4.69) is 37.6 Å². The molecule has 10 atom stereocenters. The zero-order valence-corrected chi connectivity index (χ0v) is 26.1. The Hall–Kier alpha value is -1.28. The second-order valence-electron chi connectivity index (χ2n) is 13.9. The van der Waals surface area contributed by atoms with Crippen LogP contribution in [0.4, 0.5) is 0 Å². The van der Waals surface area contributed by atoms with Gasteiger partial charge in [-0.25, -0.2) is 8.93 Å². The summed E-state index contributed by atoms with van der Waals surface area (Å²) in [4.78, 5) is 12.1. The third-order valence-electron chi connectivity index (χ3n) is 10.5. The van der Waals surface area contributed by atoms with E-state index in [1.807, 2.05) is 20.8 Å². The van der Waals surface area contributed by atoms with Crippen molar-refractivity contribution in [3.05, 3.63) is 34.4 Å². The second-order valence-corrected chi connectivity index (χ2v) is 15.9. The summed E-state index contributed by atoms with van der Waals surface area (Å²) in [5.41, 5.74) is 5.76. The Balaban J connectivity index is 1.59. The van der Waals surface area contributed by atoms with Crippen LogP contribution in [0.25, 0.3) is 0 Å². The van der Waals surface area contributed by atoms with Crippen LogP contribution in [0.3, 0.4) is 0 Å². The van der Waals surface area contributed by atoms with Crippen molar-refractivity contribution in [2.24, 2.45) is 35.0 Å². The molecule has 7 heteroatoms. The number of hydrogen-bond donors (Lipinski definition) is 3. The van der Waals surface area contributed by atoms with Crippen molar-refractivity contribution in [2.45, 2.75) is 116 Å². The van der Waals surface area contributed by atoms with Gasteiger partial charge in [0.05, 0.1) is 47.0 Å². The van der Waals surface area contributed by atoms with Gasteiger partial charge < -0.3 is 14.9 Å². The molecule has 0 spiro atoms. The van der Waals surface area contributed by atoms with Crippen molar-refractivity contribution in [3.8, 4) is 0 Å². The predicted octanol–water partition coefficient (Wildman–Crippen LogP) is 5.38. The Morgan fingerprint density at radius 1 is 1.23 bits per heavy atom. The van der Waals surface area contributed by atoms with Crippen LogP contribution in [0.5, 0.6) is 0 Å². The van der Waals surface area contributed by atoms with E-state index >= 15 is 0 Å². The summed E-state index contributed by atoms with van der Waals surface area (Å²) in [5.74, 6) is 0.912. The van der Waals surface area contributed by atoms with Crippen LogP contribution in [0.15, 0.2) is 34.4 Å². The molecule has 0 aromatic carbocycles. The fourth-order valence-corrected chi connectivity index (χ4v) is 8.98. The highest BCUT2D eigenvalue weighted by Crippen LogP contribution is 2.62. The van der Waals surface area contributed by atoms with E-state index in [-0.39, 0.29) is 29.8 Å². The highest BCUT2D eigenvalue weighted by Gasteiger charge is 2.53. The van der Waals surface area contributed by atoms with Gasteiger partial charge in [-0.3, -0.25) is 4.79 Å². The fraction of sp³-hybridized carbons (Fsp3) is 0.781. The number of allylic oxidation sites excluding steroid dienone is 4. The van der Waals surface area contributed by atoms with Crippen LogP contribution < -0.4 is 4.72 Å². The van der Waals surface area contributed by atoms with Gasteiger partial charge in [0.2, 0.25) is 0 Å². The molecule has 2 fully saturated rings. The summed E-state index contributed by atoms with van der Waals surface area (Å²) in [7, 11) is -0.00719. The summed E-state index contributed by atoms with van der Waals surface area (Å²) < 4.78 is 20.9. The van der Waals surface area contributed by atoms with Gasteiger partial charge >= 0.3 is 5.97 Å². The highest BCUT2D eigenvalue weighted by molar-refractivity contribution is 7.84. The number of nitrogens with one attached hydrogen (secondary N) is 1. The maximum Gasteiger partial charge on any atom is 0.308 e. The Morgan fingerprint density at radius 2 is 1.92 bits per heavy atom. The first kappa shape index (κ1) is 30.7. The van der Waals surface area contributed by atoms with Gasteiger partial charge in [0, 0.05) is 0 Å². The van der Waals surface area contributed by atoms with Gasteiger partial charge in [0.1, 0.15) is 0 Å². The van der Waals surface area contributed by atoms with Crippen molar-refractivity contribution in [1.82, 2.24) is 4.72 Å². The van der Waals surface area contributed by atoms with Crippen LogP contribution in [0.1, 0.15) is 93.4 Å².